The predicted octanol–water partition coefficient (Wildman–Crippen LogP) is 2.13. The summed E-state index contributed by atoms with van der Waals surface area (Å²) < 4.78 is 33.5. The maximum Gasteiger partial charge on any atom is 0.241 e. The van der Waals surface area contributed by atoms with Crippen molar-refractivity contribution in [1.82, 2.24) is 10.0 Å². The molecule has 0 aliphatic rings. The minimum atomic E-state index is -4.01. The summed E-state index contributed by atoms with van der Waals surface area (Å²) in [6.07, 6.45) is 0.556. The number of carbonyl (C=O) groups is 1. The predicted molar refractivity (Wildman–Crippen MR) is 112 cm³/mol. The first kappa shape index (κ1) is 23.2. The minimum absolute atomic E-state index is 0.0628. The smallest absolute Gasteiger partial charge is 0.241 e. The van der Waals surface area contributed by atoms with E-state index in [0.717, 1.165) is 5.56 Å². The van der Waals surface area contributed by atoms with Crippen LogP contribution in [0.1, 0.15) is 18.9 Å². The molecule has 29 heavy (non-hydrogen) atoms. The second-order valence-corrected chi connectivity index (χ2v) is 8.38. The third kappa shape index (κ3) is 7.01. The topological polar surface area (TPSA) is 105 Å². The first-order chi connectivity index (χ1) is 13.9. The van der Waals surface area contributed by atoms with E-state index >= 15 is 0 Å². The van der Waals surface area contributed by atoms with Gasteiger partial charge >= 0.3 is 0 Å². The summed E-state index contributed by atoms with van der Waals surface area (Å²) in [6, 6.07) is 12.2. The van der Waals surface area contributed by atoms with Crippen molar-refractivity contribution in [3.63, 3.8) is 0 Å². The molecule has 0 aliphatic heterocycles. The van der Waals surface area contributed by atoms with Gasteiger partial charge in [0.15, 0.2) is 0 Å². The largest absolute Gasteiger partial charge is 0.492 e. The third-order valence-corrected chi connectivity index (χ3v) is 5.81. The molecule has 0 aromatic heterocycles. The fourth-order valence-electron chi connectivity index (χ4n) is 2.63. The van der Waals surface area contributed by atoms with Gasteiger partial charge in [0.25, 0.3) is 0 Å². The lowest BCUT2D eigenvalue weighted by Crippen LogP contribution is -2.48. The summed E-state index contributed by atoms with van der Waals surface area (Å²) in [5.74, 6) is -0.0846. The van der Waals surface area contributed by atoms with Crippen LogP contribution in [0.15, 0.2) is 53.4 Å². The lowest BCUT2D eigenvalue weighted by atomic mass is 10.1. The molecule has 0 bridgehead atoms. The number of halogens is 1. The highest BCUT2D eigenvalue weighted by Gasteiger charge is 2.26. The lowest BCUT2D eigenvalue weighted by Gasteiger charge is -2.19. The van der Waals surface area contributed by atoms with Gasteiger partial charge in [0, 0.05) is 13.2 Å². The number of sulfonamides is 1. The Bertz CT molecular complexity index is 906. The van der Waals surface area contributed by atoms with Crippen LogP contribution < -0.4 is 14.8 Å². The molecule has 3 N–H and O–H groups in total. The molecule has 2 aromatic carbocycles. The van der Waals surface area contributed by atoms with Gasteiger partial charge in [-0.1, -0.05) is 41.9 Å². The second kappa shape index (κ2) is 11.2. The number of ether oxygens (including phenoxy) is 1. The van der Waals surface area contributed by atoms with E-state index in [1.54, 1.807) is 6.92 Å². The summed E-state index contributed by atoms with van der Waals surface area (Å²) in [4.78, 5) is 12.5. The normalized spacial score (nSPS) is 12.4. The number of hydrogen-bond acceptors (Lipinski definition) is 5. The molecule has 7 nitrogen and oxygen atoms in total. The second-order valence-electron chi connectivity index (χ2n) is 6.26. The van der Waals surface area contributed by atoms with Gasteiger partial charge in [-0.25, -0.2) is 8.42 Å². The summed E-state index contributed by atoms with van der Waals surface area (Å²) in [5.41, 5.74) is 0.808. The highest BCUT2D eigenvalue weighted by atomic mass is 35.5. The minimum Gasteiger partial charge on any atom is -0.492 e. The molecule has 0 spiro atoms. The number of aliphatic hydroxyl groups excluding tert-OH is 1. The molecule has 9 heteroatoms. The van der Waals surface area contributed by atoms with Gasteiger partial charge in [0.2, 0.25) is 15.9 Å². The molecule has 0 fully saturated rings. The van der Waals surface area contributed by atoms with Crippen molar-refractivity contribution in [3.8, 4) is 5.75 Å². The van der Waals surface area contributed by atoms with E-state index in [1.165, 1.54) is 18.2 Å². The van der Waals surface area contributed by atoms with Crippen LogP contribution >= 0.6 is 11.6 Å². The monoisotopic (exact) mass is 440 g/mol. The Kier molecular flexibility index (Phi) is 8.91. The summed E-state index contributed by atoms with van der Waals surface area (Å²) >= 11 is 6.11. The number of amides is 1. The molecule has 0 saturated carbocycles. The maximum absolute atomic E-state index is 12.9. The molecule has 0 radical (unpaired) electrons. The van der Waals surface area contributed by atoms with Gasteiger partial charge in [-0.15, -0.1) is 0 Å². The first-order valence-corrected chi connectivity index (χ1v) is 11.1. The van der Waals surface area contributed by atoms with Crippen LogP contribution in [0.25, 0.3) is 0 Å². The molecule has 2 aromatic rings. The number of hydrogen-bond donors (Lipinski definition) is 3. The Morgan fingerprint density at radius 2 is 1.93 bits per heavy atom. The van der Waals surface area contributed by atoms with Crippen LogP contribution in [0.2, 0.25) is 5.02 Å². The van der Waals surface area contributed by atoms with E-state index in [0.29, 0.717) is 18.8 Å². The van der Waals surface area contributed by atoms with E-state index in [1.807, 2.05) is 30.3 Å². The molecule has 2 rings (SSSR count). The van der Waals surface area contributed by atoms with Crippen LogP contribution in [0, 0.1) is 0 Å². The molecule has 0 unspecified atom stereocenters. The average Bonchev–Trinajstić information content (AvgIpc) is 2.70. The Labute approximate surface area is 176 Å². The highest BCUT2D eigenvalue weighted by molar-refractivity contribution is 7.89. The van der Waals surface area contributed by atoms with Gasteiger partial charge in [0.1, 0.15) is 11.8 Å². The number of aliphatic hydroxyl groups is 1. The Morgan fingerprint density at radius 1 is 1.21 bits per heavy atom. The van der Waals surface area contributed by atoms with E-state index < -0.39 is 22.0 Å². The Hall–Kier alpha value is -2.13. The molecule has 158 valence electrons. The number of benzene rings is 2. The number of nitrogens with one attached hydrogen (secondary N) is 2. The van der Waals surface area contributed by atoms with Gasteiger partial charge in [-0.3, -0.25) is 4.79 Å². The molecule has 0 aliphatic carbocycles. The molecule has 0 saturated heterocycles. The van der Waals surface area contributed by atoms with Gasteiger partial charge < -0.3 is 15.2 Å². The Morgan fingerprint density at radius 3 is 2.55 bits per heavy atom. The fourth-order valence-corrected chi connectivity index (χ4v) is 4.15. The first-order valence-electron chi connectivity index (χ1n) is 9.24. The number of carbonyl (C=O) groups excluding carboxylic acids is 1. The quantitative estimate of drug-likeness (QED) is 0.464. The fraction of sp³-hybridized carbons (Fsp3) is 0.350. The standard InChI is InChI=1S/C20H25ClN2O5S/c1-2-28-19-10-9-16(14-17(19)21)29(26,27)23-18(20(25)22-11-6-12-24)13-15-7-4-3-5-8-15/h3-5,7-10,14,18,23-24H,2,6,11-13H2,1H3,(H,22,25)/t18-/m0/s1. The Balaban J connectivity index is 2.23. The lowest BCUT2D eigenvalue weighted by molar-refractivity contribution is -0.122. The average molecular weight is 441 g/mol. The van der Waals surface area contributed by atoms with E-state index in [4.69, 9.17) is 21.4 Å². The van der Waals surface area contributed by atoms with E-state index in [9.17, 15) is 13.2 Å². The van der Waals surface area contributed by atoms with Gasteiger partial charge in [-0.2, -0.15) is 4.72 Å². The van der Waals surface area contributed by atoms with Crippen LogP contribution in [0.5, 0.6) is 5.75 Å². The molecule has 1 atom stereocenters. The summed E-state index contributed by atoms with van der Waals surface area (Å²) in [5, 5.41) is 11.7. The van der Waals surface area contributed by atoms with Gasteiger partial charge in [-0.05, 0) is 43.5 Å². The van der Waals surface area contributed by atoms with Crippen LogP contribution in [-0.2, 0) is 21.2 Å². The third-order valence-electron chi connectivity index (χ3n) is 4.04. The van der Waals surface area contributed by atoms with Crippen molar-refractivity contribution < 1.29 is 23.1 Å². The van der Waals surface area contributed by atoms with Crippen LogP contribution in [-0.4, -0.2) is 45.2 Å². The zero-order chi connectivity index (χ0) is 21.3. The maximum atomic E-state index is 12.9. The van der Waals surface area contributed by atoms with Crippen molar-refractivity contribution in [2.75, 3.05) is 19.8 Å². The van der Waals surface area contributed by atoms with Crippen molar-refractivity contribution in [3.05, 3.63) is 59.1 Å². The van der Waals surface area contributed by atoms with Gasteiger partial charge in [0.05, 0.1) is 16.5 Å². The highest BCUT2D eigenvalue weighted by Crippen LogP contribution is 2.27. The van der Waals surface area contributed by atoms with Crippen molar-refractivity contribution >= 4 is 27.5 Å². The molecule has 1 amide bonds. The molecule has 0 heterocycles. The van der Waals surface area contributed by atoms with Crippen LogP contribution in [0.3, 0.4) is 0 Å². The molecular formula is C20H25ClN2O5S. The number of rotatable bonds is 11. The van der Waals surface area contributed by atoms with Crippen molar-refractivity contribution in [1.29, 1.82) is 0 Å². The zero-order valence-electron chi connectivity index (χ0n) is 16.1. The SMILES string of the molecule is CCOc1ccc(S(=O)(=O)N[C@@H](Cc2ccccc2)C(=O)NCCCO)cc1Cl. The summed E-state index contributed by atoms with van der Waals surface area (Å²) in [7, 11) is -4.01. The molecular weight excluding hydrogens is 416 g/mol. The van der Waals surface area contributed by atoms with Crippen LogP contribution in [0.4, 0.5) is 0 Å². The van der Waals surface area contributed by atoms with Crippen molar-refractivity contribution in [2.24, 2.45) is 0 Å². The van der Waals surface area contributed by atoms with E-state index in [2.05, 4.69) is 10.0 Å². The van der Waals surface area contributed by atoms with E-state index in [-0.39, 0.29) is 29.5 Å². The zero-order valence-corrected chi connectivity index (χ0v) is 17.7. The summed E-state index contributed by atoms with van der Waals surface area (Å²) in [6.45, 7) is 2.38. The van der Waals surface area contributed by atoms with Crippen molar-refractivity contribution in [2.45, 2.75) is 30.7 Å².